The molecule has 2 N–H and O–H groups in total. The van der Waals surface area contributed by atoms with Gasteiger partial charge in [0.25, 0.3) is 0 Å². The van der Waals surface area contributed by atoms with Gasteiger partial charge in [-0.3, -0.25) is 4.79 Å². The van der Waals surface area contributed by atoms with Crippen molar-refractivity contribution in [3.8, 4) is 16.9 Å². The molecule has 1 fully saturated rings. The second-order valence-corrected chi connectivity index (χ2v) is 7.87. The molecule has 1 aliphatic heterocycles. The second kappa shape index (κ2) is 6.46. The van der Waals surface area contributed by atoms with Crippen molar-refractivity contribution in [3.05, 3.63) is 63.4 Å². The monoisotopic (exact) mass is 390 g/mol. The van der Waals surface area contributed by atoms with Gasteiger partial charge in [0.1, 0.15) is 5.56 Å². The summed E-state index contributed by atoms with van der Waals surface area (Å²) >= 11 is 0. The molecular weight excluding hydrogens is 368 g/mol. The van der Waals surface area contributed by atoms with Crippen molar-refractivity contribution in [1.82, 2.24) is 9.88 Å². The van der Waals surface area contributed by atoms with Crippen LogP contribution in [0.3, 0.4) is 0 Å². The van der Waals surface area contributed by atoms with Crippen molar-refractivity contribution in [2.24, 2.45) is 0 Å². The summed E-state index contributed by atoms with van der Waals surface area (Å²) in [6.07, 6.45) is 3.41. The smallest absolute Gasteiger partial charge is 0.341 e. The molecule has 6 heteroatoms. The lowest BCUT2D eigenvalue weighted by molar-refractivity contribution is 0.0695. The first-order chi connectivity index (χ1) is 14.0. The van der Waals surface area contributed by atoms with E-state index in [2.05, 4.69) is 30.4 Å². The van der Waals surface area contributed by atoms with Gasteiger partial charge in [-0.1, -0.05) is 12.1 Å². The van der Waals surface area contributed by atoms with Crippen LogP contribution in [0, 0.1) is 0 Å². The summed E-state index contributed by atoms with van der Waals surface area (Å²) < 4.78 is 7.72. The second-order valence-electron chi connectivity index (χ2n) is 7.87. The number of carboxylic acids is 1. The molecule has 148 valence electrons. The van der Waals surface area contributed by atoms with E-state index < -0.39 is 11.4 Å². The van der Waals surface area contributed by atoms with E-state index in [1.807, 2.05) is 10.6 Å². The summed E-state index contributed by atoms with van der Waals surface area (Å²) in [5.41, 5.74) is 4.50. The Bertz CT molecular complexity index is 1220. The highest BCUT2D eigenvalue weighted by molar-refractivity contribution is 5.97. The van der Waals surface area contributed by atoms with Gasteiger partial charge in [-0.25, -0.2) is 4.79 Å². The maximum absolute atomic E-state index is 12.8. The van der Waals surface area contributed by atoms with Gasteiger partial charge in [0.2, 0.25) is 5.43 Å². The molecule has 2 aliphatic rings. The SMILES string of the molecule is COc1c(-c2ccc3c(c2)CNC3C)ccc2c(=O)c(C(=O)O)cn(C3CC3)c12. The summed E-state index contributed by atoms with van der Waals surface area (Å²) in [4.78, 5) is 24.4. The zero-order valence-electron chi connectivity index (χ0n) is 16.4. The zero-order valence-corrected chi connectivity index (χ0v) is 16.4. The third-order valence-electron chi connectivity index (χ3n) is 6.04. The van der Waals surface area contributed by atoms with Crippen LogP contribution in [0.2, 0.25) is 0 Å². The number of hydrogen-bond donors (Lipinski definition) is 2. The summed E-state index contributed by atoms with van der Waals surface area (Å²) in [5.74, 6) is -0.586. The van der Waals surface area contributed by atoms with Gasteiger partial charge in [-0.15, -0.1) is 0 Å². The highest BCUT2D eigenvalue weighted by Crippen LogP contribution is 2.43. The van der Waals surface area contributed by atoms with Gasteiger partial charge in [0, 0.05) is 30.4 Å². The number of aromatic nitrogens is 1. The minimum Gasteiger partial charge on any atom is -0.494 e. The van der Waals surface area contributed by atoms with E-state index in [4.69, 9.17) is 4.74 Å². The number of fused-ring (bicyclic) bond motifs is 2. The molecule has 1 atom stereocenters. The summed E-state index contributed by atoms with van der Waals surface area (Å²) in [7, 11) is 1.60. The van der Waals surface area contributed by atoms with Crippen molar-refractivity contribution in [2.75, 3.05) is 7.11 Å². The minimum absolute atomic E-state index is 0.197. The number of pyridine rings is 1. The number of nitrogens with one attached hydrogen (secondary N) is 1. The molecule has 2 aromatic carbocycles. The van der Waals surface area contributed by atoms with Crippen molar-refractivity contribution >= 4 is 16.9 Å². The maximum Gasteiger partial charge on any atom is 0.341 e. The predicted octanol–water partition coefficient (Wildman–Crippen LogP) is 3.87. The quantitative estimate of drug-likeness (QED) is 0.707. The summed E-state index contributed by atoms with van der Waals surface area (Å²) in [5, 5.41) is 13.3. The molecule has 29 heavy (non-hydrogen) atoms. The number of hydrogen-bond acceptors (Lipinski definition) is 4. The van der Waals surface area contributed by atoms with Crippen molar-refractivity contribution in [1.29, 1.82) is 0 Å². The summed E-state index contributed by atoms with van der Waals surface area (Å²) in [6, 6.07) is 10.5. The average molecular weight is 390 g/mol. The van der Waals surface area contributed by atoms with Crippen LogP contribution in [0.5, 0.6) is 5.75 Å². The Morgan fingerprint density at radius 1 is 1.24 bits per heavy atom. The van der Waals surface area contributed by atoms with Crippen LogP contribution in [0.1, 0.15) is 53.3 Å². The first-order valence-corrected chi connectivity index (χ1v) is 9.85. The molecule has 0 bridgehead atoms. The molecule has 0 spiro atoms. The lowest BCUT2D eigenvalue weighted by atomic mass is 9.96. The van der Waals surface area contributed by atoms with Gasteiger partial charge in [0.15, 0.2) is 5.75 Å². The fourth-order valence-electron chi connectivity index (χ4n) is 4.37. The number of aromatic carboxylic acids is 1. The molecule has 1 saturated carbocycles. The number of methoxy groups -OCH3 is 1. The molecule has 0 radical (unpaired) electrons. The highest BCUT2D eigenvalue weighted by atomic mass is 16.5. The molecule has 1 aliphatic carbocycles. The average Bonchev–Trinajstić information content (AvgIpc) is 3.50. The van der Waals surface area contributed by atoms with Crippen LogP contribution in [0.4, 0.5) is 0 Å². The van der Waals surface area contributed by atoms with Gasteiger partial charge in [0.05, 0.1) is 18.0 Å². The molecule has 0 saturated heterocycles. The van der Waals surface area contributed by atoms with Crippen LogP contribution >= 0.6 is 0 Å². The van der Waals surface area contributed by atoms with E-state index in [0.717, 1.165) is 30.5 Å². The standard InChI is InChI=1S/C23H22N2O4/c1-12-16-6-3-13(9-14(16)10-24-12)17-7-8-18-20(22(17)29-2)25(15-4-5-15)11-19(21(18)26)23(27)28/h3,6-9,11-12,15,24H,4-5,10H2,1-2H3,(H,27,28). The lowest BCUT2D eigenvalue weighted by Gasteiger charge is -2.18. The highest BCUT2D eigenvalue weighted by Gasteiger charge is 2.29. The zero-order chi connectivity index (χ0) is 20.3. The number of ether oxygens (including phenoxy) is 1. The van der Waals surface area contributed by atoms with Gasteiger partial charge >= 0.3 is 5.97 Å². The molecule has 5 rings (SSSR count). The van der Waals surface area contributed by atoms with Crippen molar-refractivity contribution in [2.45, 2.75) is 38.4 Å². The van der Waals surface area contributed by atoms with E-state index >= 15 is 0 Å². The first-order valence-electron chi connectivity index (χ1n) is 9.85. The van der Waals surface area contributed by atoms with Gasteiger partial charge in [-0.2, -0.15) is 0 Å². The molecule has 3 aromatic rings. The molecule has 6 nitrogen and oxygen atoms in total. The minimum atomic E-state index is -1.20. The number of carbonyl (C=O) groups is 1. The number of benzene rings is 2. The number of rotatable bonds is 4. The van der Waals surface area contributed by atoms with Crippen LogP contribution in [0.15, 0.2) is 41.3 Å². The van der Waals surface area contributed by atoms with Crippen molar-refractivity contribution < 1.29 is 14.6 Å². The lowest BCUT2D eigenvalue weighted by Crippen LogP contribution is -2.19. The fourth-order valence-corrected chi connectivity index (χ4v) is 4.37. The Balaban J connectivity index is 1.79. The van der Waals surface area contributed by atoms with E-state index in [0.29, 0.717) is 22.7 Å². The van der Waals surface area contributed by atoms with Crippen molar-refractivity contribution in [3.63, 3.8) is 0 Å². The normalized spacial score (nSPS) is 18.1. The van der Waals surface area contributed by atoms with Gasteiger partial charge in [-0.05, 0) is 54.7 Å². The number of carboxylic acid groups (broad SMARTS) is 1. The van der Waals surface area contributed by atoms with Crippen LogP contribution < -0.4 is 15.5 Å². The molecular formula is C23H22N2O4. The molecule has 1 aromatic heterocycles. The number of nitrogens with zero attached hydrogens (tertiary/aromatic N) is 1. The van der Waals surface area contributed by atoms with E-state index in [9.17, 15) is 14.7 Å². The molecule has 1 unspecified atom stereocenters. The maximum atomic E-state index is 12.8. The third-order valence-corrected chi connectivity index (χ3v) is 6.04. The Morgan fingerprint density at radius 3 is 2.72 bits per heavy atom. The molecule has 2 heterocycles. The van der Waals surface area contributed by atoms with Crippen LogP contribution in [-0.2, 0) is 6.54 Å². The Hall–Kier alpha value is -3.12. The van der Waals surface area contributed by atoms with Gasteiger partial charge < -0.3 is 19.7 Å². The Morgan fingerprint density at radius 2 is 2.03 bits per heavy atom. The first kappa shape index (κ1) is 17.9. The predicted molar refractivity (Wildman–Crippen MR) is 111 cm³/mol. The van der Waals surface area contributed by atoms with Crippen LogP contribution in [-0.4, -0.2) is 22.8 Å². The fraction of sp³-hybridized carbons (Fsp3) is 0.304. The van der Waals surface area contributed by atoms with E-state index in [1.54, 1.807) is 13.2 Å². The Labute approximate surface area is 167 Å². The van der Waals surface area contributed by atoms with E-state index in [-0.39, 0.29) is 11.6 Å². The largest absolute Gasteiger partial charge is 0.494 e. The molecule has 0 amide bonds. The summed E-state index contributed by atoms with van der Waals surface area (Å²) in [6.45, 7) is 2.98. The third kappa shape index (κ3) is 2.75. The van der Waals surface area contributed by atoms with Crippen LogP contribution in [0.25, 0.3) is 22.0 Å². The van der Waals surface area contributed by atoms with E-state index in [1.165, 1.54) is 17.3 Å². The Kier molecular flexibility index (Phi) is 3.99. The topological polar surface area (TPSA) is 80.6 Å².